The molecule has 1 radical (unpaired) electrons. The highest BCUT2D eigenvalue weighted by Crippen LogP contribution is 2.27. The van der Waals surface area contributed by atoms with E-state index in [9.17, 15) is 5.11 Å². The van der Waals surface area contributed by atoms with Crippen molar-refractivity contribution in [1.82, 2.24) is 0 Å². The van der Waals surface area contributed by atoms with Crippen LogP contribution in [0.1, 0.15) is 19.4 Å². The molecule has 0 unspecified atom stereocenters. The van der Waals surface area contributed by atoms with E-state index in [0.29, 0.717) is 12.4 Å². The second-order valence-corrected chi connectivity index (χ2v) is 2.57. The van der Waals surface area contributed by atoms with Gasteiger partial charge in [-0.2, -0.15) is 0 Å². The molecule has 0 spiro atoms. The average molecular weight is 165 g/mol. The third-order valence-corrected chi connectivity index (χ3v) is 1.72. The summed E-state index contributed by atoms with van der Waals surface area (Å²) in [5.74, 6) is 0.436. The molecule has 0 heterocycles. The molecular weight excluding hydrogens is 152 g/mol. The van der Waals surface area contributed by atoms with Crippen LogP contribution in [-0.2, 0) is 11.5 Å². The summed E-state index contributed by atoms with van der Waals surface area (Å²) in [4.78, 5) is 0. The maximum absolute atomic E-state index is 11.2. The molecule has 0 aromatic heterocycles. The van der Waals surface area contributed by atoms with E-state index in [4.69, 9.17) is 4.74 Å². The summed E-state index contributed by atoms with van der Waals surface area (Å²) in [6.45, 7) is 4.47. The van der Waals surface area contributed by atoms with Crippen molar-refractivity contribution in [2.45, 2.75) is 20.3 Å². The van der Waals surface area contributed by atoms with Crippen molar-refractivity contribution >= 4 is 0 Å². The van der Waals surface area contributed by atoms with Gasteiger partial charge in [-0.25, -0.2) is 0 Å². The van der Waals surface area contributed by atoms with Gasteiger partial charge in [-0.3, -0.25) is 5.11 Å². The molecular formula is C10H13O2. The molecule has 0 fully saturated rings. The quantitative estimate of drug-likeness (QED) is 0.677. The van der Waals surface area contributed by atoms with Gasteiger partial charge in [-0.05, 0) is 31.0 Å². The molecule has 1 aromatic rings. The fourth-order valence-electron chi connectivity index (χ4n) is 1.04. The fraction of sp³-hybridized carbons (Fsp3) is 0.400. The van der Waals surface area contributed by atoms with Crippen LogP contribution in [0.5, 0.6) is 11.5 Å². The normalized spacial score (nSPS) is 9.83. The summed E-state index contributed by atoms with van der Waals surface area (Å²) in [5.41, 5.74) is 1.14. The van der Waals surface area contributed by atoms with Crippen LogP contribution in [0.25, 0.3) is 0 Å². The molecule has 0 saturated carbocycles. The van der Waals surface area contributed by atoms with Crippen LogP contribution in [0.15, 0.2) is 18.2 Å². The molecule has 12 heavy (non-hydrogen) atoms. The molecule has 0 aliphatic carbocycles. The third kappa shape index (κ3) is 1.91. The lowest BCUT2D eigenvalue weighted by atomic mass is 10.1. The Morgan fingerprint density at radius 1 is 1.33 bits per heavy atom. The maximum atomic E-state index is 11.2. The van der Waals surface area contributed by atoms with Crippen molar-refractivity contribution < 1.29 is 9.84 Å². The lowest BCUT2D eigenvalue weighted by molar-refractivity contribution is 0.287. The number of hydrogen-bond donors (Lipinski definition) is 0. The van der Waals surface area contributed by atoms with Crippen LogP contribution in [0.4, 0.5) is 0 Å². The van der Waals surface area contributed by atoms with E-state index in [2.05, 4.69) is 6.92 Å². The van der Waals surface area contributed by atoms with Crippen LogP contribution in [-0.4, -0.2) is 6.61 Å². The Hall–Kier alpha value is -1.18. The van der Waals surface area contributed by atoms with E-state index in [1.165, 1.54) is 0 Å². The number of aryl methyl sites for hydroxylation is 1. The second-order valence-electron chi connectivity index (χ2n) is 2.57. The molecule has 2 nitrogen and oxygen atoms in total. The van der Waals surface area contributed by atoms with Gasteiger partial charge in [0.2, 0.25) is 5.75 Å². The Morgan fingerprint density at radius 2 is 2.08 bits per heavy atom. The van der Waals surface area contributed by atoms with Crippen molar-refractivity contribution in [3.05, 3.63) is 23.8 Å². The van der Waals surface area contributed by atoms with Crippen molar-refractivity contribution in [1.29, 1.82) is 0 Å². The molecule has 2 heteroatoms. The average Bonchev–Trinajstić information content (AvgIpc) is 2.09. The topological polar surface area (TPSA) is 29.1 Å². The molecule has 0 N–H and O–H groups in total. The lowest BCUT2D eigenvalue weighted by Crippen LogP contribution is -1.92. The zero-order valence-electron chi connectivity index (χ0n) is 7.46. The fourth-order valence-corrected chi connectivity index (χ4v) is 1.04. The van der Waals surface area contributed by atoms with Gasteiger partial charge in [0.15, 0.2) is 5.75 Å². The van der Waals surface area contributed by atoms with E-state index in [-0.39, 0.29) is 5.75 Å². The molecule has 0 amide bonds. The summed E-state index contributed by atoms with van der Waals surface area (Å²) in [6.07, 6.45) is 0.931. The van der Waals surface area contributed by atoms with E-state index >= 15 is 0 Å². The Kier molecular flexibility index (Phi) is 2.97. The number of hydrogen-bond acceptors (Lipinski definition) is 1. The van der Waals surface area contributed by atoms with Gasteiger partial charge in [0, 0.05) is 0 Å². The Labute approximate surface area is 72.8 Å². The van der Waals surface area contributed by atoms with Crippen molar-refractivity contribution in [2.75, 3.05) is 6.61 Å². The third-order valence-electron chi connectivity index (χ3n) is 1.72. The Morgan fingerprint density at radius 3 is 2.67 bits per heavy atom. The van der Waals surface area contributed by atoms with Crippen LogP contribution in [0.3, 0.4) is 0 Å². The lowest BCUT2D eigenvalue weighted by Gasteiger charge is -2.04. The molecule has 0 aliphatic heterocycles. The minimum atomic E-state index is -0.0333. The van der Waals surface area contributed by atoms with Crippen molar-refractivity contribution in [3.63, 3.8) is 0 Å². The van der Waals surface area contributed by atoms with Gasteiger partial charge in [-0.1, -0.05) is 13.0 Å². The summed E-state index contributed by atoms with van der Waals surface area (Å²) < 4.78 is 5.17. The smallest absolute Gasteiger partial charge is 0.220 e. The predicted molar refractivity (Wildman–Crippen MR) is 47.1 cm³/mol. The summed E-state index contributed by atoms with van der Waals surface area (Å²) >= 11 is 0. The van der Waals surface area contributed by atoms with Gasteiger partial charge in [-0.15, -0.1) is 0 Å². The highest BCUT2D eigenvalue weighted by Gasteiger charge is 2.03. The zero-order valence-corrected chi connectivity index (χ0v) is 7.46. The summed E-state index contributed by atoms with van der Waals surface area (Å²) in [5, 5.41) is 11.2. The highest BCUT2D eigenvalue weighted by atomic mass is 16.5. The van der Waals surface area contributed by atoms with E-state index in [1.807, 2.05) is 19.1 Å². The highest BCUT2D eigenvalue weighted by molar-refractivity contribution is 5.41. The zero-order chi connectivity index (χ0) is 8.97. The van der Waals surface area contributed by atoms with Crippen LogP contribution < -0.4 is 4.74 Å². The number of benzene rings is 1. The first-order valence-electron chi connectivity index (χ1n) is 4.20. The first kappa shape index (κ1) is 8.91. The second kappa shape index (κ2) is 4.00. The summed E-state index contributed by atoms with van der Waals surface area (Å²) in [6, 6.07) is 5.21. The molecule has 0 bridgehead atoms. The van der Waals surface area contributed by atoms with Crippen LogP contribution in [0, 0.1) is 0 Å². The van der Waals surface area contributed by atoms with Gasteiger partial charge < -0.3 is 4.74 Å². The standard InChI is InChI=1S/C10H13O2/c1-3-8-5-6-9(11)10(7-8)12-4-2/h5-7H,3-4H2,1-2H3. The van der Waals surface area contributed by atoms with Crippen LogP contribution in [0.2, 0.25) is 0 Å². The van der Waals surface area contributed by atoms with Crippen LogP contribution >= 0.6 is 0 Å². The molecule has 0 atom stereocenters. The molecule has 65 valence electrons. The minimum Gasteiger partial charge on any atom is -0.490 e. The molecule has 0 saturated heterocycles. The Bertz CT molecular complexity index is 256. The minimum absolute atomic E-state index is 0.0333. The van der Waals surface area contributed by atoms with E-state index in [1.54, 1.807) is 6.07 Å². The molecule has 1 rings (SSSR count). The van der Waals surface area contributed by atoms with Gasteiger partial charge in [0.1, 0.15) is 0 Å². The van der Waals surface area contributed by atoms with Gasteiger partial charge in [0.05, 0.1) is 6.61 Å². The predicted octanol–water partition coefficient (Wildman–Crippen LogP) is 2.79. The molecule has 0 aliphatic rings. The van der Waals surface area contributed by atoms with E-state index in [0.717, 1.165) is 12.0 Å². The molecule has 1 aromatic carbocycles. The number of ether oxygens (including phenoxy) is 1. The number of rotatable bonds is 3. The summed E-state index contributed by atoms with van der Waals surface area (Å²) in [7, 11) is 0. The van der Waals surface area contributed by atoms with Crippen molar-refractivity contribution in [3.8, 4) is 11.5 Å². The van der Waals surface area contributed by atoms with E-state index < -0.39 is 0 Å². The van der Waals surface area contributed by atoms with Crippen molar-refractivity contribution in [2.24, 2.45) is 0 Å². The Balaban J connectivity index is 2.91. The van der Waals surface area contributed by atoms with Gasteiger partial charge in [0.25, 0.3) is 0 Å². The largest absolute Gasteiger partial charge is 0.490 e. The maximum Gasteiger partial charge on any atom is 0.220 e. The first-order chi connectivity index (χ1) is 5.77. The SMILES string of the molecule is CCOc1cc(CC)ccc1[O]. The van der Waals surface area contributed by atoms with Gasteiger partial charge >= 0.3 is 0 Å². The monoisotopic (exact) mass is 165 g/mol. The first-order valence-corrected chi connectivity index (χ1v) is 4.20.